The summed E-state index contributed by atoms with van der Waals surface area (Å²) in [6.45, 7) is 3.70. The second-order valence-electron chi connectivity index (χ2n) is 7.36. The van der Waals surface area contributed by atoms with Crippen LogP contribution in [0, 0.1) is 13.8 Å². The molecule has 0 aliphatic carbocycles. The Hall–Kier alpha value is -3.17. The Morgan fingerprint density at radius 1 is 1.22 bits per heavy atom. The summed E-state index contributed by atoms with van der Waals surface area (Å²) >= 11 is 4.50. The van der Waals surface area contributed by atoms with Crippen LogP contribution in [0.2, 0.25) is 0 Å². The van der Waals surface area contributed by atoms with Gasteiger partial charge in [0.25, 0.3) is 5.78 Å². The normalized spacial score (nSPS) is 17.8. The van der Waals surface area contributed by atoms with Gasteiger partial charge in [0.15, 0.2) is 16.6 Å². The van der Waals surface area contributed by atoms with Crippen LogP contribution in [0.1, 0.15) is 28.3 Å². The number of carbonyl (C=O) groups excluding carboxylic acids is 2. The van der Waals surface area contributed by atoms with Gasteiger partial charge in [0.2, 0.25) is 0 Å². The molecule has 2 N–H and O–H groups in total. The number of aliphatic hydroxyl groups excluding tert-OH is 1. The third-order valence-corrected chi connectivity index (χ3v) is 6.68. The summed E-state index contributed by atoms with van der Waals surface area (Å²) in [5, 5.41) is 23.5. The van der Waals surface area contributed by atoms with E-state index < -0.39 is 17.7 Å². The Morgan fingerprint density at radius 2 is 1.97 bits per heavy atom. The molecule has 4 rings (SSSR count). The zero-order chi connectivity index (χ0) is 23.2. The molecule has 2 aromatic carbocycles. The topological polar surface area (TPSA) is 100.0 Å². The lowest BCUT2D eigenvalue weighted by Gasteiger charge is -2.24. The second kappa shape index (κ2) is 8.40. The maximum atomic E-state index is 13.2. The Balaban J connectivity index is 2.02. The summed E-state index contributed by atoms with van der Waals surface area (Å²) in [5.74, 6) is -1.83. The summed E-state index contributed by atoms with van der Waals surface area (Å²) in [6, 6.07) is 7.67. The number of rotatable bonds is 4. The van der Waals surface area contributed by atoms with Crippen molar-refractivity contribution >= 4 is 49.8 Å². The molecule has 1 atom stereocenters. The predicted molar refractivity (Wildman–Crippen MR) is 125 cm³/mol. The van der Waals surface area contributed by atoms with E-state index in [1.165, 1.54) is 35.6 Å². The number of halogens is 1. The van der Waals surface area contributed by atoms with E-state index in [1.54, 1.807) is 17.5 Å². The summed E-state index contributed by atoms with van der Waals surface area (Å²) in [4.78, 5) is 31.8. The number of benzene rings is 2. The quantitative estimate of drug-likeness (QED) is 0.293. The minimum absolute atomic E-state index is 0.0569. The predicted octanol–water partition coefficient (Wildman–Crippen LogP) is 4.86. The molecule has 32 heavy (non-hydrogen) atoms. The first-order valence-electron chi connectivity index (χ1n) is 9.59. The molecule has 164 valence electrons. The standard InChI is InChI=1S/C23H19BrN2O5S/c1-11-4-5-12(2)14(8-11)19(27)17-18(13-9-15(24)20(28)16(10-13)31-3)26(22(30)21(17)29)23-25-6-7-32-23/h4-10,18,27-28H,1-3H3. The Labute approximate surface area is 196 Å². The number of ether oxygens (including phenoxy) is 1. The van der Waals surface area contributed by atoms with Crippen LogP contribution in [0.5, 0.6) is 11.5 Å². The van der Waals surface area contributed by atoms with E-state index in [4.69, 9.17) is 4.74 Å². The maximum Gasteiger partial charge on any atom is 0.301 e. The van der Waals surface area contributed by atoms with Gasteiger partial charge in [0, 0.05) is 17.1 Å². The Morgan fingerprint density at radius 3 is 2.62 bits per heavy atom. The molecule has 3 aromatic rings. The van der Waals surface area contributed by atoms with Gasteiger partial charge in [-0.3, -0.25) is 14.5 Å². The highest BCUT2D eigenvalue weighted by atomic mass is 79.9. The number of thiazole rings is 1. The third-order valence-electron chi connectivity index (χ3n) is 5.30. The van der Waals surface area contributed by atoms with Crippen molar-refractivity contribution in [1.82, 2.24) is 4.98 Å². The number of carbonyl (C=O) groups is 2. The smallest absolute Gasteiger partial charge is 0.301 e. The van der Waals surface area contributed by atoms with E-state index in [2.05, 4.69) is 20.9 Å². The van der Waals surface area contributed by atoms with Gasteiger partial charge in [0.1, 0.15) is 5.76 Å². The highest BCUT2D eigenvalue weighted by Gasteiger charge is 2.48. The number of aromatic hydroxyl groups is 1. The molecular formula is C23H19BrN2O5S. The van der Waals surface area contributed by atoms with E-state index in [0.29, 0.717) is 20.7 Å². The molecule has 0 radical (unpaired) electrons. The molecule has 7 nitrogen and oxygen atoms in total. The Kier molecular flexibility index (Phi) is 5.79. The van der Waals surface area contributed by atoms with Crippen molar-refractivity contribution in [1.29, 1.82) is 0 Å². The number of aromatic nitrogens is 1. The number of anilines is 1. The van der Waals surface area contributed by atoms with E-state index >= 15 is 0 Å². The largest absolute Gasteiger partial charge is 0.507 e. The minimum Gasteiger partial charge on any atom is -0.507 e. The van der Waals surface area contributed by atoms with Crippen LogP contribution < -0.4 is 9.64 Å². The van der Waals surface area contributed by atoms with Crippen molar-refractivity contribution in [3.8, 4) is 11.5 Å². The number of ketones is 1. The molecule has 2 heterocycles. The fourth-order valence-corrected chi connectivity index (χ4v) is 4.85. The fourth-order valence-electron chi connectivity index (χ4n) is 3.72. The van der Waals surface area contributed by atoms with Crippen molar-refractivity contribution in [3.05, 3.63) is 74.2 Å². The molecule has 1 aromatic heterocycles. The summed E-state index contributed by atoms with van der Waals surface area (Å²) in [5.41, 5.74) is 2.54. The first-order valence-corrected chi connectivity index (χ1v) is 11.3. The monoisotopic (exact) mass is 514 g/mol. The number of methoxy groups -OCH3 is 1. The van der Waals surface area contributed by atoms with Crippen LogP contribution in [0.4, 0.5) is 5.13 Å². The second-order valence-corrected chi connectivity index (χ2v) is 9.08. The van der Waals surface area contributed by atoms with E-state index in [0.717, 1.165) is 11.1 Å². The van der Waals surface area contributed by atoms with E-state index in [-0.39, 0.29) is 22.8 Å². The van der Waals surface area contributed by atoms with Gasteiger partial charge >= 0.3 is 5.91 Å². The number of amides is 1. The molecule has 1 saturated heterocycles. The van der Waals surface area contributed by atoms with Crippen LogP contribution >= 0.6 is 27.3 Å². The van der Waals surface area contributed by atoms with Crippen molar-refractivity contribution < 1.29 is 24.5 Å². The summed E-state index contributed by atoms with van der Waals surface area (Å²) in [6.07, 6.45) is 1.54. The van der Waals surface area contributed by atoms with Gasteiger partial charge in [-0.1, -0.05) is 17.7 Å². The number of phenolic OH excluding ortho intramolecular Hbond substituents is 1. The van der Waals surface area contributed by atoms with Gasteiger partial charge in [0.05, 0.1) is 23.2 Å². The fraction of sp³-hybridized carbons (Fsp3) is 0.174. The van der Waals surface area contributed by atoms with Gasteiger partial charge in [-0.25, -0.2) is 4.98 Å². The van der Waals surface area contributed by atoms with Gasteiger partial charge in [-0.15, -0.1) is 11.3 Å². The number of Topliss-reactive ketones (excluding diaryl/α,β-unsaturated/α-hetero) is 1. The highest BCUT2D eigenvalue weighted by molar-refractivity contribution is 9.10. The van der Waals surface area contributed by atoms with Crippen LogP contribution in [-0.4, -0.2) is 34.0 Å². The number of hydrogen-bond acceptors (Lipinski definition) is 7. The zero-order valence-electron chi connectivity index (χ0n) is 17.4. The number of aryl methyl sites for hydroxylation is 2. The number of aliphatic hydroxyl groups is 1. The molecule has 0 bridgehead atoms. The third kappa shape index (κ3) is 3.57. The van der Waals surface area contributed by atoms with Crippen LogP contribution in [0.15, 0.2) is 52.0 Å². The van der Waals surface area contributed by atoms with Gasteiger partial charge in [-0.2, -0.15) is 0 Å². The molecule has 9 heteroatoms. The van der Waals surface area contributed by atoms with Crippen LogP contribution in [0.25, 0.3) is 5.76 Å². The van der Waals surface area contributed by atoms with E-state index in [1.807, 2.05) is 26.0 Å². The molecule has 0 spiro atoms. The lowest BCUT2D eigenvalue weighted by molar-refractivity contribution is -0.132. The Bertz CT molecular complexity index is 1270. The first kappa shape index (κ1) is 22.0. The van der Waals surface area contributed by atoms with Gasteiger partial charge < -0.3 is 14.9 Å². The number of phenols is 1. The molecule has 1 amide bonds. The molecule has 1 aliphatic heterocycles. The number of nitrogens with zero attached hydrogens (tertiary/aromatic N) is 2. The molecule has 1 unspecified atom stereocenters. The molecular weight excluding hydrogens is 496 g/mol. The first-order chi connectivity index (χ1) is 15.2. The highest BCUT2D eigenvalue weighted by Crippen LogP contribution is 2.46. The minimum atomic E-state index is -0.966. The van der Waals surface area contributed by atoms with Gasteiger partial charge in [-0.05, 0) is 59.1 Å². The van der Waals surface area contributed by atoms with Crippen molar-refractivity contribution in [3.63, 3.8) is 0 Å². The van der Waals surface area contributed by atoms with E-state index in [9.17, 15) is 19.8 Å². The van der Waals surface area contributed by atoms with Crippen molar-refractivity contribution in [2.45, 2.75) is 19.9 Å². The molecule has 0 saturated carbocycles. The summed E-state index contributed by atoms with van der Waals surface area (Å²) < 4.78 is 5.58. The van der Waals surface area contributed by atoms with Crippen LogP contribution in [0.3, 0.4) is 0 Å². The molecule has 1 fully saturated rings. The number of hydrogen-bond donors (Lipinski definition) is 2. The average molecular weight is 515 g/mol. The SMILES string of the molecule is COc1cc(C2C(=C(O)c3cc(C)ccc3C)C(=O)C(=O)N2c2nccs2)cc(Br)c1O. The zero-order valence-corrected chi connectivity index (χ0v) is 19.8. The summed E-state index contributed by atoms with van der Waals surface area (Å²) in [7, 11) is 1.40. The lowest BCUT2D eigenvalue weighted by Crippen LogP contribution is -2.29. The average Bonchev–Trinajstić information content (AvgIpc) is 3.38. The maximum absolute atomic E-state index is 13.2. The van der Waals surface area contributed by atoms with Crippen LogP contribution in [-0.2, 0) is 9.59 Å². The van der Waals surface area contributed by atoms with Crippen molar-refractivity contribution in [2.75, 3.05) is 12.0 Å². The molecule has 1 aliphatic rings. The van der Waals surface area contributed by atoms with Crippen molar-refractivity contribution in [2.24, 2.45) is 0 Å². The lowest BCUT2D eigenvalue weighted by atomic mass is 9.93.